The maximum atomic E-state index is 13.7. The number of nitrogens with two attached hydrogens (primary N) is 2. The lowest BCUT2D eigenvalue weighted by atomic mass is 9.76. The Morgan fingerprint density at radius 2 is 1.81 bits per heavy atom. The number of hydrogen-bond donors (Lipinski definition) is 3. The molecule has 8 heteroatoms. The van der Waals surface area contributed by atoms with Crippen LogP contribution in [-0.4, -0.2) is 34.6 Å². The highest BCUT2D eigenvalue weighted by Crippen LogP contribution is 2.50. The summed E-state index contributed by atoms with van der Waals surface area (Å²) in [5.41, 5.74) is 8.33. The average Bonchev–Trinajstić information content (AvgIpc) is 3.32. The summed E-state index contributed by atoms with van der Waals surface area (Å²) >= 11 is 0. The van der Waals surface area contributed by atoms with Gasteiger partial charge < -0.3 is 16.4 Å². The van der Waals surface area contributed by atoms with Crippen molar-refractivity contribution in [3.63, 3.8) is 0 Å². The standard InChI is InChI=1S/C24H24N4O4/c1-12-8-9-15-20(13(12)2)26-23(32)24(15)19-18(16(27-24)10-17(25)29)21(30)28(22(19)31)11-14-6-4-3-5-7-14/h3-9,16,18-19,27H,10-11H2,1-2H3,(H2,25,29)(H,26,32)/p+1/t16-,18-,19+,24+/m1/s1. The van der Waals surface area contributed by atoms with Crippen molar-refractivity contribution in [1.82, 2.24) is 4.90 Å². The number of imide groups is 1. The first-order chi connectivity index (χ1) is 15.3. The van der Waals surface area contributed by atoms with E-state index < -0.39 is 29.3 Å². The van der Waals surface area contributed by atoms with Crippen molar-refractivity contribution in [3.05, 3.63) is 64.7 Å². The smallest absolute Gasteiger partial charge is 0.291 e. The van der Waals surface area contributed by atoms with Crippen LogP contribution >= 0.6 is 0 Å². The molecule has 4 amide bonds. The van der Waals surface area contributed by atoms with Gasteiger partial charge >= 0.3 is 0 Å². The molecule has 5 N–H and O–H groups in total. The van der Waals surface area contributed by atoms with E-state index in [1.54, 1.807) is 5.32 Å². The molecular weight excluding hydrogens is 408 g/mol. The lowest BCUT2D eigenvalue weighted by Gasteiger charge is -2.26. The van der Waals surface area contributed by atoms with Gasteiger partial charge in [-0.2, -0.15) is 0 Å². The summed E-state index contributed by atoms with van der Waals surface area (Å²) in [5.74, 6) is -3.32. The molecule has 0 aliphatic carbocycles. The van der Waals surface area contributed by atoms with E-state index in [9.17, 15) is 19.2 Å². The van der Waals surface area contributed by atoms with Crippen LogP contribution in [0.2, 0.25) is 0 Å². The molecule has 0 unspecified atom stereocenters. The van der Waals surface area contributed by atoms with Crippen molar-refractivity contribution in [2.75, 3.05) is 5.32 Å². The molecule has 2 aromatic carbocycles. The molecule has 2 fully saturated rings. The first-order valence-electron chi connectivity index (χ1n) is 10.7. The largest absolute Gasteiger partial charge is 0.369 e. The lowest BCUT2D eigenvalue weighted by Crippen LogP contribution is -2.99. The summed E-state index contributed by atoms with van der Waals surface area (Å²) in [7, 11) is 0. The fraction of sp³-hybridized carbons (Fsp3) is 0.333. The van der Waals surface area contributed by atoms with Gasteiger partial charge in [0, 0.05) is 5.56 Å². The molecule has 0 saturated carbocycles. The van der Waals surface area contributed by atoms with Gasteiger partial charge in [-0.05, 0) is 36.6 Å². The van der Waals surface area contributed by atoms with E-state index in [2.05, 4.69) is 5.32 Å². The Labute approximate surface area is 185 Å². The van der Waals surface area contributed by atoms with Gasteiger partial charge in [0.05, 0.1) is 18.7 Å². The molecule has 8 nitrogen and oxygen atoms in total. The van der Waals surface area contributed by atoms with Gasteiger partial charge in [0.25, 0.3) is 5.91 Å². The van der Waals surface area contributed by atoms with Crippen LogP contribution < -0.4 is 16.4 Å². The number of amides is 4. The fourth-order valence-corrected chi connectivity index (χ4v) is 5.68. The predicted octanol–water partition coefficient (Wildman–Crippen LogP) is 0.0732. The second-order valence-corrected chi connectivity index (χ2v) is 9.01. The summed E-state index contributed by atoms with van der Waals surface area (Å²) in [6.07, 6.45) is -0.0887. The zero-order chi connectivity index (χ0) is 22.8. The number of fused-ring (bicyclic) bond motifs is 4. The van der Waals surface area contributed by atoms with Crippen molar-refractivity contribution in [2.45, 2.75) is 38.4 Å². The number of carbonyl (C=O) groups is 4. The number of nitrogens with one attached hydrogen (secondary N) is 1. The van der Waals surface area contributed by atoms with Crippen LogP contribution in [0.3, 0.4) is 0 Å². The summed E-state index contributed by atoms with van der Waals surface area (Å²) in [6, 6.07) is 12.4. The van der Waals surface area contributed by atoms with E-state index in [0.29, 0.717) is 11.3 Å². The van der Waals surface area contributed by atoms with Crippen molar-refractivity contribution in [1.29, 1.82) is 0 Å². The number of anilines is 1. The number of rotatable bonds is 4. The van der Waals surface area contributed by atoms with Crippen molar-refractivity contribution in [3.8, 4) is 0 Å². The fourth-order valence-electron chi connectivity index (χ4n) is 5.68. The van der Waals surface area contributed by atoms with E-state index in [4.69, 9.17) is 5.73 Å². The second-order valence-electron chi connectivity index (χ2n) is 9.01. The third-order valence-electron chi connectivity index (χ3n) is 7.29. The van der Waals surface area contributed by atoms with Gasteiger partial charge in [0.2, 0.25) is 23.3 Å². The lowest BCUT2D eigenvalue weighted by molar-refractivity contribution is -0.732. The molecule has 164 valence electrons. The van der Waals surface area contributed by atoms with Crippen molar-refractivity contribution in [2.24, 2.45) is 17.6 Å². The summed E-state index contributed by atoms with van der Waals surface area (Å²) in [6.45, 7) is 4.01. The number of nitrogens with zero attached hydrogens (tertiary/aromatic N) is 1. The summed E-state index contributed by atoms with van der Waals surface area (Å²) in [4.78, 5) is 53.7. The van der Waals surface area contributed by atoms with Gasteiger partial charge in [-0.15, -0.1) is 0 Å². The Morgan fingerprint density at radius 1 is 1.09 bits per heavy atom. The molecule has 0 bridgehead atoms. The highest BCUT2D eigenvalue weighted by Gasteiger charge is 2.74. The monoisotopic (exact) mass is 433 g/mol. The number of carbonyl (C=O) groups excluding carboxylic acids is 4. The molecule has 3 aliphatic rings. The highest BCUT2D eigenvalue weighted by molar-refractivity contribution is 6.14. The molecule has 0 radical (unpaired) electrons. The van der Waals surface area contributed by atoms with Crippen molar-refractivity contribution < 1.29 is 24.5 Å². The molecule has 3 aliphatic heterocycles. The second kappa shape index (κ2) is 7.00. The number of aryl methyl sites for hydroxylation is 1. The summed E-state index contributed by atoms with van der Waals surface area (Å²) < 4.78 is 0. The van der Waals surface area contributed by atoms with Gasteiger partial charge in [-0.25, -0.2) is 0 Å². The van der Waals surface area contributed by atoms with Gasteiger partial charge in [-0.1, -0.05) is 36.4 Å². The third-order valence-corrected chi connectivity index (χ3v) is 7.29. The summed E-state index contributed by atoms with van der Waals surface area (Å²) in [5, 5.41) is 4.69. The molecular formula is C24H25N4O4+. The van der Waals surface area contributed by atoms with Gasteiger partial charge in [0.15, 0.2) is 0 Å². The first-order valence-corrected chi connectivity index (χ1v) is 10.7. The number of likely N-dealkylation sites (tertiary alicyclic amines) is 1. The Hall–Kier alpha value is -3.52. The number of hydrogen-bond acceptors (Lipinski definition) is 4. The molecule has 3 heterocycles. The van der Waals surface area contributed by atoms with Crippen LogP contribution in [0.4, 0.5) is 5.69 Å². The predicted molar refractivity (Wildman–Crippen MR) is 115 cm³/mol. The Morgan fingerprint density at radius 3 is 2.50 bits per heavy atom. The van der Waals surface area contributed by atoms with Crippen LogP contribution in [0.15, 0.2) is 42.5 Å². The first kappa shape index (κ1) is 20.4. The molecule has 2 aromatic rings. The molecule has 5 rings (SSSR count). The van der Waals surface area contributed by atoms with Crippen LogP contribution in [0.1, 0.15) is 28.7 Å². The van der Waals surface area contributed by atoms with E-state index in [0.717, 1.165) is 16.7 Å². The van der Waals surface area contributed by atoms with E-state index >= 15 is 0 Å². The van der Waals surface area contributed by atoms with Crippen molar-refractivity contribution >= 4 is 29.3 Å². The SMILES string of the molecule is Cc1ccc2c(c1C)NC(=O)[C@]21[NH2+][C@H](CC(N)=O)[C@H]2C(=O)N(Cc3ccccc3)C(=O)[C@H]21. The van der Waals surface area contributed by atoms with Gasteiger partial charge in [0.1, 0.15) is 17.9 Å². The molecule has 32 heavy (non-hydrogen) atoms. The minimum Gasteiger partial charge on any atom is -0.369 e. The normalized spacial score (nSPS) is 28.2. The minimum absolute atomic E-state index is 0.0887. The molecule has 4 atom stereocenters. The van der Waals surface area contributed by atoms with E-state index in [-0.39, 0.29) is 30.7 Å². The number of primary amides is 1. The molecule has 1 spiro atoms. The Balaban J connectivity index is 1.63. The minimum atomic E-state index is -1.29. The van der Waals surface area contributed by atoms with Crippen LogP contribution in [0.25, 0.3) is 0 Å². The number of benzene rings is 2. The number of quaternary nitrogens is 1. The molecule has 0 aromatic heterocycles. The highest BCUT2D eigenvalue weighted by atomic mass is 16.2. The Bertz CT molecular complexity index is 1180. The quantitative estimate of drug-likeness (QED) is 0.590. The van der Waals surface area contributed by atoms with Crippen LogP contribution in [0, 0.1) is 25.7 Å². The van der Waals surface area contributed by atoms with Crippen LogP contribution in [0.5, 0.6) is 0 Å². The third kappa shape index (κ3) is 2.65. The molecule has 2 saturated heterocycles. The maximum Gasteiger partial charge on any atom is 0.291 e. The van der Waals surface area contributed by atoms with Crippen LogP contribution in [-0.2, 0) is 31.3 Å². The zero-order valence-corrected chi connectivity index (χ0v) is 17.9. The average molecular weight is 433 g/mol. The topological polar surface area (TPSA) is 126 Å². The zero-order valence-electron chi connectivity index (χ0n) is 17.9. The van der Waals surface area contributed by atoms with E-state index in [1.807, 2.05) is 56.3 Å². The maximum absolute atomic E-state index is 13.7. The van der Waals surface area contributed by atoms with Gasteiger partial charge in [-0.3, -0.25) is 24.1 Å². The Kier molecular flexibility index (Phi) is 4.46. The van der Waals surface area contributed by atoms with E-state index in [1.165, 1.54) is 4.90 Å².